The number of H-pyrrole nitrogens is 1. The van der Waals surface area contributed by atoms with Gasteiger partial charge in [-0.25, -0.2) is 13.8 Å². The van der Waals surface area contributed by atoms with Crippen LogP contribution in [0.1, 0.15) is 11.4 Å². The SMILES string of the molecule is [CH2-]CN([CH2-])c1cc2nc(Cc3ccc(-c4cc(F)cc(F)c4)nc3)[nH]c(=O)c2cc1OC.[Na+]. The Bertz CT molecular complexity index is 1320. The van der Waals surface area contributed by atoms with Crippen LogP contribution in [0.2, 0.25) is 0 Å². The molecule has 2 aromatic heterocycles. The maximum atomic E-state index is 13.5. The van der Waals surface area contributed by atoms with Crippen LogP contribution in [0.25, 0.3) is 22.2 Å². The summed E-state index contributed by atoms with van der Waals surface area (Å²) in [6, 6.07) is 10.1. The molecule has 0 saturated carbocycles. The molecule has 0 fully saturated rings. The van der Waals surface area contributed by atoms with Gasteiger partial charge in [0, 0.05) is 24.2 Å². The van der Waals surface area contributed by atoms with E-state index < -0.39 is 11.6 Å². The topological polar surface area (TPSA) is 71.1 Å². The third-order valence-electron chi connectivity index (χ3n) is 5.02. The van der Waals surface area contributed by atoms with Gasteiger partial charge < -0.3 is 21.5 Å². The van der Waals surface area contributed by atoms with Crippen molar-refractivity contribution in [2.45, 2.75) is 6.42 Å². The Kier molecular flexibility index (Phi) is 7.84. The third kappa shape index (κ3) is 5.40. The van der Waals surface area contributed by atoms with Crippen molar-refractivity contribution < 1.29 is 43.1 Å². The molecular weight excluding hydrogens is 437 g/mol. The first-order valence-electron chi connectivity index (χ1n) is 9.77. The smallest absolute Gasteiger partial charge is 0.547 e. The zero-order valence-electron chi connectivity index (χ0n) is 18.4. The van der Waals surface area contributed by atoms with E-state index in [1.54, 1.807) is 35.4 Å². The van der Waals surface area contributed by atoms with Gasteiger partial charge in [0.2, 0.25) is 0 Å². The molecule has 9 heteroatoms. The van der Waals surface area contributed by atoms with Crippen LogP contribution in [0.5, 0.6) is 5.75 Å². The Hall–Kier alpha value is -2.81. The van der Waals surface area contributed by atoms with E-state index in [9.17, 15) is 13.6 Å². The summed E-state index contributed by atoms with van der Waals surface area (Å²) in [5.74, 6) is -0.376. The summed E-state index contributed by atoms with van der Waals surface area (Å²) in [5.41, 5.74) is 2.44. The molecule has 0 atom stereocenters. The van der Waals surface area contributed by atoms with Crippen molar-refractivity contribution in [2.24, 2.45) is 0 Å². The van der Waals surface area contributed by atoms with Gasteiger partial charge in [-0.05, 0) is 35.9 Å². The van der Waals surface area contributed by atoms with Gasteiger partial charge in [-0.1, -0.05) is 6.07 Å². The molecule has 4 rings (SSSR count). The first-order valence-corrected chi connectivity index (χ1v) is 9.77. The van der Waals surface area contributed by atoms with Crippen LogP contribution in [-0.4, -0.2) is 28.6 Å². The van der Waals surface area contributed by atoms with Gasteiger partial charge in [-0.3, -0.25) is 16.8 Å². The molecule has 0 aliphatic rings. The number of pyridine rings is 1. The van der Waals surface area contributed by atoms with Gasteiger partial charge in [0.15, 0.2) is 0 Å². The molecule has 2 aromatic carbocycles. The molecule has 4 aromatic rings. The van der Waals surface area contributed by atoms with Crippen molar-refractivity contribution in [3.63, 3.8) is 0 Å². The number of halogens is 2. The van der Waals surface area contributed by atoms with Gasteiger partial charge in [-0.15, -0.1) is 6.54 Å². The summed E-state index contributed by atoms with van der Waals surface area (Å²) in [6.45, 7) is 4.23. The molecule has 0 saturated heterocycles. The first-order chi connectivity index (χ1) is 15.4. The normalized spacial score (nSPS) is 10.7. The monoisotopic (exact) mass is 457 g/mol. The quantitative estimate of drug-likeness (QED) is 0.349. The number of hydrogen-bond acceptors (Lipinski definition) is 5. The molecule has 2 heterocycles. The van der Waals surface area contributed by atoms with E-state index in [1.807, 2.05) is 0 Å². The predicted molar refractivity (Wildman–Crippen MR) is 119 cm³/mol. The van der Waals surface area contributed by atoms with Crippen LogP contribution in [0.15, 0.2) is 53.5 Å². The van der Waals surface area contributed by atoms with Gasteiger partial charge in [0.25, 0.3) is 5.56 Å². The van der Waals surface area contributed by atoms with E-state index in [2.05, 4.69) is 28.9 Å². The number of ether oxygens (including phenoxy) is 1. The van der Waals surface area contributed by atoms with Crippen LogP contribution in [-0.2, 0) is 6.42 Å². The number of nitrogens with zero attached hydrogens (tertiary/aromatic N) is 3. The van der Waals surface area contributed by atoms with Gasteiger partial charge >= 0.3 is 29.6 Å². The van der Waals surface area contributed by atoms with E-state index in [1.165, 1.54) is 19.2 Å². The predicted octanol–water partition coefficient (Wildman–Crippen LogP) is 1.30. The number of rotatable bonds is 6. The minimum Gasteiger partial charge on any atom is -0.547 e. The van der Waals surface area contributed by atoms with Gasteiger partial charge in [0.05, 0.1) is 29.4 Å². The van der Waals surface area contributed by atoms with E-state index in [4.69, 9.17) is 4.74 Å². The van der Waals surface area contributed by atoms with Crippen LogP contribution in [0, 0.1) is 25.6 Å². The second-order valence-corrected chi connectivity index (χ2v) is 7.20. The van der Waals surface area contributed by atoms with Crippen molar-refractivity contribution in [3.8, 4) is 17.0 Å². The number of methoxy groups -OCH3 is 1. The van der Waals surface area contributed by atoms with Gasteiger partial charge in [-0.2, -0.15) is 0 Å². The maximum Gasteiger partial charge on any atom is 1.00 e. The van der Waals surface area contributed by atoms with E-state index in [0.29, 0.717) is 52.4 Å². The third-order valence-corrected chi connectivity index (χ3v) is 5.02. The maximum absolute atomic E-state index is 13.5. The summed E-state index contributed by atoms with van der Waals surface area (Å²) >= 11 is 0. The second-order valence-electron chi connectivity index (χ2n) is 7.20. The zero-order valence-corrected chi connectivity index (χ0v) is 20.4. The van der Waals surface area contributed by atoms with Gasteiger partial charge in [0.1, 0.15) is 23.2 Å². The zero-order chi connectivity index (χ0) is 22.8. The van der Waals surface area contributed by atoms with Crippen molar-refractivity contribution >= 4 is 16.6 Å². The number of fused-ring (bicyclic) bond motifs is 1. The number of benzene rings is 2. The molecule has 1 N–H and O–H groups in total. The largest absolute Gasteiger partial charge is 1.00 e. The molecule has 0 unspecified atom stereocenters. The molecule has 0 radical (unpaired) electrons. The molecule has 6 nitrogen and oxygen atoms in total. The number of nitrogens with one attached hydrogen (secondary N) is 1. The van der Waals surface area contributed by atoms with E-state index >= 15 is 0 Å². The summed E-state index contributed by atoms with van der Waals surface area (Å²) in [7, 11) is 5.44. The molecular formula is C24H20F2N4NaO2-. The molecule has 0 aliphatic heterocycles. The Labute approximate surface area is 211 Å². The standard InChI is InChI=1S/C24H20F2N4O2.Na/c1-4-30(2)21-12-20-18(11-22(21)32-3)24(31)29-23(28-20)7-14-5-6-19(27-13-14)15-8-16(25)10-17(26)9-15;/h5-6,8-13H,1-2,4,7H2,3H3,(H,28,29,31);/q-2;+1. The van der Waals surface area contributed by atoms with Crippen molar-refractivity contribution in [3.05, 3.63) is 96.0 Å². The molecule has 33 heavy (non-hydrogen) atoms. The molecule has 164 valence electrons. The molecule has 0 amide bonds. The summed E-state index contributed by atoms with van der Waals surface area (Å²) in [5, 5.41) is 0.397. The Morgan fingerprint density at radius 1 is 1.12 bits per heavy atom. The van der Waals surface area contributed by atoms with Crippen LogP contribution < -0.4 is 44.8 Å². The average Bonchev–Trinajstić information content (AvgIpc) is 2.77. The van der Waals surface area contributed by atoms with Crippen LogP contribution in [0.3, 0.4) is 0 Å². The first kappa shape index (κ1) is 24.8. The van der Waals surface area contributed by atoms with Crippen molar-refractivity contribution in [2.75, 3.05) is 18.6 Å². The van der Waals surface area contributed by atoms with Crippen LogP contribution in [0.4, 0.5) is 14.5 Å². The Balaban J connectivity index is 0.00000306. The fourth-order valence-corrected chi connectivity index (χ4v) is 3.41. The fraction of sp³-hybridized carbons (Fsp3) is 0.125. The number of aromatic nitrogens is 3. The minimum absolute atomic E-state index is 0. The second kappa shape index (κ2) is 10.4. The average molecular weight is 457 g/mol. The van der Waals surface area contributed by atoms with Crippen molar-refractivity contribution in [1.82, 2.24) is 15.0 Å². The van der Waals surface area contributed by atoms with E-state index in [0.717, 1.165) is 11.6 Å². The molecule has 0 aliphatic carbocycles. The fourth-order valence-electron chi connectivity index (χ4n) is 3.41. The Morgan fingerprint density at radius 2 is 1.85 bits per heavy atom. The summed E-state index contributed by atoms with van der Waals surface area (Å²) < 4.78 is 32.3. The molecule has 0 bridgehead atoms. The summed E-state index contributed by atoms with van der Waals surface area (Å²) in [4.78, 5) is 25.9. The number of aromatic amines is 1. The molecule has 0 spiro atoms. The number of anilines is 1. The minimum atomic E-state index is -0.667. The Morgan fingerprint density at radius 3 is 2.45 bits per heavy atom. The number of hydrogen-bond donors (Lipinski definition) is 1. The van der Waals surface area contributed by atoms with Crippen LogP contribution >= 0.6 is 0 Å². The van der Waals surface area contributed by atoms with E-state index in [-0.39, 0.29) is 35.1 Å². The summed E-state index contributed by atoms with van der Waals surface area (Å²) in [6.07, 6.45) is 1.91. The van der Waals surface area contributed by atoms with Crippen molar-refractivity contribution in [1.29, 1.82) is 0 Å².